The van der Waals surface area contributed by atoms with Crippen molar-refractivity contribution in [3.63, 3.8) is 0 Å². The molecule has 0 amide bonds. The van der Waals surface area contributed by atoms with Gasteiger partial charge in [-0.1, -0.05) is 18.6 Å². The van der Waals surface area contributed by atoms with E-state index in [-0.39, 0.29) is 29.7 Å². The summed E-state index contributed by atoms with van der Waals surface area (Å²) in [6.45, 7) is 2.06. The number of aromatic nitrogens is 3. The molecule has 2 aliphatic carbocycles. The van der Waals surface area contributed by atoms with E-state index in [0.717, 1.165) is 32.1 Å². The molecule has 1 aromatic heterocycles. The summed E-state index contributed by atoms with van der Waals surface area (Å²) in [5.41, 5.74) is 0.175. The van der Waals surface area contributed by atoms with E-state index in [0.29, 0.717) is 5.92 Å². The Morgan fingerprint density at radius 3 is 2.73 bits per heavy atom. The second-order valence-corrected chi connectivity index (χ2v) is 6.22. The first-order valence-electron chi connectivity index (χ1n) is 7.80. The molecule has 7 nitrogen and oxygen atoms in total. The van der Waals surface area contributed by atoms with E-state index in [2.05, 4.69) is 22.0 Å². The molecule has 0 aromatic carbocycles. The fraction of sp³-hybridized carbons (Fsp3) is 0.733. The Labute approximate surface area is 129 Å². The van der Waals surface area contributed by atoms with Gasteiger partial charge in [-0.25, -0.2) is 9.48 Å². The minimum absolute atomic E-state index is 0.0577. The van der Waals surface area contributed by atoms with Crippen molar-refractivity contribution in [3.05, 3.63) is 11.9 Å². The van der Waals surface area contributed by atoms with Crippen molar-refractivity contribution in [2.75, 3.05) is 7.11 Å². The van der Waals surface area contributed by atoms with Gasteiger partial charge in [-0.2, -0.15) is 0 Å². The highest BCUT2D eigenvalue weighted by atomic mass is 16.5. The molecular weight excluding hydrogens is 286 g/mol. The summed E-state index contributed by atoms with van der Waals surface area (Å²) in [5, 5.41) is 7.85. The Balaban J connectivity index is 1.70. The fourth-order valence-corrected chi connectivity index (χ4v) is 3.04. The molecule has 22 heavy (non-hydrogen) atoms. The fourth-order valence-electron chi connectivity index (χ4n) is 3.04. The average molecular weight is 307 g/mol. The molecular formula is C15H21N3O4. The lowest BCUT2D eigenvalue weighted by molar-refractivity contribution is -0.155. The standard InChI is InChI=1S/C15H21N3O4/c1-9-7-10(9)14(19)22-13-6-4-3-5-12(13)18-8-11(16-17-18)15(20)21-2/h8-10,12-13H,3-7H2,1-2H3/t9-,10+,12-,13+/m1/s1. The average Bonchev–Trinajstić information content (AvgIpc) is 3.07. The monoisotopic (exact) mass is 307 g/mol. The quantitative estimate of drug-likeness (QED) is 0.788. The van der Waals surface area contributed by atoms with Gasteiger partial charge in [0.25, 0.3) is 0 Å². The number of carbonyl (C=O) groups is 2. The van der Waals surface area contributed by atoms with E-state index < -0.39 is 5.97 Å². The Hall–Kier alpha value is -1.92. The van der Waals surface area contributed by atoms with Crippen LogP contribution in [0.15, 0.2) is 6.20 Å². The van der Waals surface area contributed by atoms with Crippen LogP contribution < -0.4 is 0 Å². The van der Waals surface area contributed by atoms with Gasteiger partial charge in [0.2, 0.25) is 0 Å². The summed E-state index contributed by atoms with van der Waals surface area (Å²) in [4.78, 5) is 23.6. The van der Waals surface area contributed by atoms with Crippen LogP contribution in [-0.4, -0.2) is 40.1 Å². The van der Waals surface area contributed by atoms with E-state index in [9.17, 15) is 9.59 Å². The minimum Gasteiger partial charge on any atom is -0.464 e. The third kappa shape index (κ3) is 2.98. The molecule has 0 aliphatic heterocycles. The zero-order chi connectivity index (χ0) is 15.7. The van der Waals surface area contributed by atoms with E-state index in [4.69, 9.17) is 4.74 Å². The SMILES string of the molecule is COC(=O)c1cn([C@@H]2CCCC[C@@H]2OC(=O)[C@H]2C[C@H]2C)nn1. The third-order valence-electron chi connectivity index (χ3n) is 4.59. The Bertz CT molecular complexity index is 571. The first-order valence-corrected chi connectivity index (χ1v) is 7.80. The van der Waals surface area contributed by atoms with Crippen molar-refractivity contribution >= 4 is 11.9 Å². The van der Waals surface area contributed by atoms with E-state index in [1.54, 1.807) is 10.9 Å². The molecule has 3 rings (SSSR count). The Morgan fingerprint density at radius 2 is 2.05 bits per heavy atom. The van der Waals surface area contributed by atoms with Gasteiger partial charge in [-0.15, -0.1) is 5.10 Å². The highest BCUT2D eigenvalue weighted by molar-refractivity contribution is 5.86. The summed E-state index contributed by atoms with van der Waals surface area (Å²) in [6, 6.07) is -0.0577. The number of methoxy groups -OCH3 is 1. The maximum atomic E-state index is 12.1. The van der Waals surface area contributed by atoms with E-state index in [1.807, 2.05) is 0 Å². The molecule has 2 saturated carbocycles. The molecule has 0 spiro atoms. The van der Waals surface area contributed by atoms with Crippen molar-refractivity contribution in [1.29, 1.82) is 0 Å². The van der Waals surface area contributed by atoms with Crippen molar-refractivity contribution in [2.24, 2.45) is 11.8 Å². The zero-order valence-electron chi connectivity index (χ0n) is 12.9. The lowest BCUT2D eigenvalue weighted by Gasteiger charge is -2.30. The maximum Gasteiger partial charge on any atom is 0.360 e. The van der Waals surface area contributed by atoms with Crippen LogP contribution in [-0.2, 0) is 14.3 Å². The predicted molar refractivity (Wildman–Crippen MR) is 76.0 cm³/mol. The lowest BCUT2D eigenvalue weighted by Crippen LogP contribution is -2.33. The molecule has 0 unspecified atom stereocenters. The van der Waals surface area contributed by atoms with Crippen LogP contribution in [0.5, 0.6) is 0 Å². The number of carbonyl (C=O) groups excluding carboxylic acids is 2. The molecule has 0 saturated heterocycles. The van der Waals surface area contributed by atoms with Gasteiger partial charge in [0.15, 0.2) is 5.69 Å². The van der Waals surface area contributed by atoms with Crippen LogP contribution in [0.3, 0.4) is 0 Å². The summed E-state index contributed by atoms with van der Waals surface area (Å²) in [6.07, 6.45) is 6.07. The molecule has 0 bridgehead atoms. The van der Waals surface area contributed by atoms with Crippen molar-refractivity contribution in [1.82, 2.24) is 15.0 Å². The van der Waals surface area contributed by atoms with Crippen LogP contribution in [0.2, 0.25) is 0 Å². The smallest absolute Gasteiger partial charge is 0.360 e. The van der Waals surface area contributed by atoms with E-state index in [1.165, 1.54) is 7.11 Å². The first kappa shape index (κ1) is 15.0. The normalized spacial score (nSPS) is 30.6. The largest absolute Gasteiger partial charge is 0.464 e. The number of nitrogens with zero attached hydrogens (tertiary/aromatic N) is 3. The number of hydrogen-bond acceptors (Lipinski definition) is 6. The van der Waals surface area contributed by atoms with Crippen LogP contribution in [0, 0.1) is 11.8 Å². The van der Waals surface area contributed by atoms with Crippen molar-refractivity contribution in [2.45, 2.75) is 51.2 Å². The van der Waals surface area contributed by atoms with Gasteiger partial charge < -0.3 is 9.47 Å². The topological polar surface area (TPSA) is 83.3 Å². The Kier molecular flexibility index (Phi) is 4.13. The summed E-state index contributed by atoms with van der Waals surface area (Å²) < 4.78 is 12.0. The van der Waals surface area contributed by atoms with Crippen LogP contribution in [0.1, 0.15) is 55.6 Å². The zero-order valence-corrected chi connectivity index (χ0v) is 12.9. The molecule has 0 radical (unpaired) electrons. The first-order chi connectivity index (χ1) is 10.6. The van der Waals surface area contributed by atoms with Gasteiger partial charge in [-0.3, -0.25) is 4.79 Å². The minimum atomic E-state index is -0.512. The molecule has 2 aliphatic rings. The molecule has 1 heterocycles. The van der Waals surface area contributed by atoms with Crippen LogP contribution in [0.4, 0.5) is 0 Å². The summed E-state index contributed by atoms with van der Waals surface area (Å²) in [5.74, 6) is -0.115. The highest BCUT2D eigenvalue weighted by Crippen LogP contribution is 2.40. The molecule has 1 aromatic rings. The third-order valence-corrected chi connectivity index (χ3v) is 4.59. The molecule has 2 fully saturated rings. The second kappa shape index (κ2) is 6.06. The van der Waals surface area contributed by atoms with Crippen molar-refractivity contribution in [3.8, 4) is 0 Å². The molecule has 4 atom stereocenters. The van der Waals surface area contributed by atoms with Gasteiger partial charge in [0.1, 0.15) is 6.10 Å². The lowest BCUT2D eigenvalue weighted by atomic mass is 9.92. The molecule has 120 valence electrons. The maximum absolute atomic E-state index is 12.1. The number of ether oxygens (including phenoxy) is 2. The Morgan fingerprint density at radius 1 is 1.32 bits per heavy atom. The highest BCUT2D eigenvalue weighted by Gasteiger charge is 2.42. The predicted octanol–water partition coefficient (Wildman–Crippen LogP) is 1.75. The number of hydrogen-bond donors (Lipinski definition) is 0. The van der Waals surface area contributed by atoms with Crippen molar-refractivity contribution < 1.29 is 19.1 Å². The van der Waals surface area contributed by atoms with E-state index >= 15 is 0 Å². The van der Waals surface area contributed by atoms with Gasteiger partial charge in [0, 0.05) is 0 Å². The number of esters is 2. The summed E-state index contributed by atoms with van der Waals surface area (Å²) in [7, 11) is 1.31. The van der Waals surface area contributed by atoms with Gasteiger partial charge in [-0.05, 0) is 31.6 Å². The molecule has 7 heteroatoms. The van der Waals surface area contributed by atoms with Gasteiger partial charge in [0.05, 0.1) is 25.3 Å². The van der Waals surface area contributed by atoms with Crippen LogP contribution in [0.25, 0.3) is 0 Å². The summed E-state index contributed by atoms with van der Waals surface area (Å²) >= 11 is 0. The number of rotatable bonds is 4. The van der Waals surface area contributed by atoms with Gasteiger partial charge >= 0.3 is 11.9 Å². The van der Waals surface area contributed by atoms with Crippen LogP contribution >= 0.6 is 0 Å². The molecule has 0 N–H and O–H groups in total. The second-order valence-electron chi connectivity index (χ2n) is 6.22.